The van der Waals surface area contributed by atoms with Crippen LogP contribution in [0.25, 0.3) is 0 Å². The predicted octanol–water partition coefficient (Wildman–Crippen LogP) is 4.65. The second kappa shape index (κ2) is 10.7. The molecular weight excluding hydrogens is 471 g/mol. The first-order valence-electron chi connectivity index (χ1n) is 9.67. The molecule has 0 saturated carbocycles. The lowest BCUT2D eigenvalue weighted by atomic mass is 10.2. The highest BCUT2D eigenvalue weighted by atomic mass is 35.5. The lowest BCUT2D eigenvalue weighted by molar-refractivity contribution is -0.123. The van der Waals surface area contributed by atoms with Crippen molar-refractivity contribution in [3.63, 3.8) is 0 Å². The van der Waals surface area contributed by atoms with Gasteiger partial charge in [0.05, 0.1) is 18.5 Å². The maximum atomic E-state index is 12.3. The second-order valence-electron chi connectivity index (χ2n) is 7.05. The number of anilines is 1. The summed E-state index contributed by atoms with van der Waals surface area (Å²) in [6.45, 7) is 0.278. The molecule has 0 saturated heterocycles. The average molecular weight is 493 g/mol. The Bertz CT molecular complexity index is 1170. The van der Waals surface area contributed by atoms with E-state index in [0.717, 1.165) is 17.4 Å². The fraction of sp³-hybridized carbons (Fsp3) is 0.174. The molecule has 0 heterocycles. The van der Waals surface area contributed by atoms with Crippen molar-refractivity contribution in [2.24, 2.45) is 0 Å². The minimum atomic E-state index is -3.49. The second-order valence-corrected chi connectivity index (χ2v) is 9.80. The molecule has 0 bridgehead atoms. The first-order valence-corrected chi connectivity index (χ1v) is 12.3. The third-order valence-electron chi connectivity index (χ3n) is 4.56. The number of nitrogens with zero attached hydrogens (tertiary/aromatic N) is 1. The van der Waals surface area contributed by atoms with E-state index in [4.69, 9.17) is 27.9 Å². The van der Waals surface area contributed by atoms with E-state index < -0.39 is 10.0 Å². The molecule has 0 fully saturated rings. The van der Waals surface area contributed by atoms with Gasteiger partial charge in [-0.05, 0) is 47.5 Å². The largest absolute Gasteiger partial charge is 0.484 e. The highest BCUT2D eigenvalue weighted by Gasteiger charge is 2.18. The Morgan fingerprint density at radius 1 is 1.00 bits per heavy atom. The maximum absolute atomic E-state index is 12.3. The molecule has 0 unspecified atom stereocenters. The summed E-state index contributed by atoms with van der Waals surface area (Å²) < 4.78 is 31.4. The summed E-state index contributed by atoms with van der Waals surface area (Å²) in [7, 11) is -3.49. The van der Waals surface area contributed by atoms with Crippen LogP contribution in [0.4, 0.5) is 5.69 Å². The fourth-order valence-electron chi connectivity index (χ4n) is 2.92. The molecule has 3 aromatic rings. The number of ether oxygens (including phenoxy) is 1. The Morgan fingerprint density at radius 3 is 2.31 bits per heavy atom. The summed E-state index contributed by atoms with van der Waals surface area (Å²) >= 11 is 12.0. The van der Waals surface area contributed by atoms with Gasteiger partial charge in [0, 0.05) is 16.6 Å². The van der Waals surface area contributed by atoms with Crippen LogP contribution in [-0.2, 0) is 27.9 Å². The van der Waals surface area contributed by atoms with Gasteiger partial charge in [-0.2, -0.15) is 0 Å². The molecule has 0 spiro atoms. The van der Waals surface area contributed by atoms with Crippen LogP contribution in [0.2, 0.25) is 10.0 Å². The first-order chi connectivity index (χ1) is 15.2. The standard InChI is InChI=1S/C23H22Cl2N2O4S/c1-32(29,30)27(15-17-5-3-2-4-6-17)20-9-11-21(12-10-20)31-16-23(28)26-14-18-7-8-19(24)13-22(18)25/h2-13H,14-16H2,1H3,(H,26,28). The van der Waals surface area contributed by atoms with E-state index in [9.17, 15) is 13.2 Å². The third kappa shape index (κ3) is 6.88. The molecule has 0 atom stereocenters. The normalized spacial score (nSPS) is 11.1. The molecule has 0 radical (unpaired) electrons. The molecule has 168 valence electrons. The van der Waals surface area contributed by atoms with E-state index in [2.05, 4.69) is 5.32 Å². The molecule has 1 N–H and O–H groups in total. The molecule has 3 aromatic carbocycles. The SMILES string of the molecule is CS(=O)(=O)N(Cc1ccccc1)c1ccc(OCC(=O)NCc2ccc(Cl)cc2Cl)cc1. The molecule has 9 heteroatoms. The molecule has 32 heavy (non-hydrogen) atoms. The van der Waals surface area contributed by atoms with Gasteiger partial charge in [0.25, 0.3) is 5.91 Å². The lowest BCUT2D eigenvalue weighted by Crippen LogP contribution is -2.29. The lowest BCUT2D eigenvalue weighted by Gasteiger charge is -2.22. The number of benzene rings is 3. The summed E-state index contributed by atoms with van der Waals surface area (Å²) in [5.74, 6) is 0.128. The molecule has 0 aliphatic rings. The van der Waals surface area contributed by atoms with Crippen molar-refractivity contribution in [3.05, 3.63) is 94.0 Å². The highest BCUT2D eigenvalue weighted by molar-refractivity contribution is 7.92. The van der Waals surface area contributed by atoms with Gasteiger partial charge < -0.3 is 10.1 Å². The quantitative estimate of drug-likeness (QED) is 0.471. The number of hydrogen-bond acceptors (Lipinski definition) is 4. The van der Waals surface area contributed by atoms with E-state index in [1.165, 1.54) is 4.31 Å². The Morgan fingerprint density at radius 2 is 1.69 bits per heavy atom. The minimum Gasteiger partial charge on any atom is -0.484 e. The monoisotopic (exact) mass is 492 g/mol. The number of halogens is 2. The van der Waals surface area contributed by atoms with Crippen LogP contribution in [0.1, 0.15) is 11.1 Å². The Labute approximate surface area is 197 Å². The molecule has 3 rings (SSSR count). The third-order valence-corrected chi connectivity index (χ3v) is 6.28. The van der Waals surface area contributed by atoms with E-state index in [-0.39, 0.29) is 25.6 Å². The topological polar surface area (TPSA) is 75.7 Å². The van der Waals surface area contributed by atoms with Crippen LogP contribution in [0, 0.1) is 0 Å². The molecular formula is C23H22Cl2N2O4S. The Kier molecular flexibility index (Phi) is 8.01. The van der Waals surface area contributed by atoms with Gasteiger partial charge in [-0.15, -0.1) is 0 Å². The zero-order valence-corrected chi connectivity index (χ0v) is 19.6. The van der Waals surface area contributed by atoms with Crippen molar-refractivity contribution in [2.75, 3.05) is 17.2 Å². The van der Waals surface area contributed by atoms with Gasteiger partial charge in [0.1, 0.15) is 5.75 Å². The van der Waals surface area contributed by atoms with Crippen molar-refractivity contribution in [2.45, 2.75) is 13.1 Å². The van der Waals surface area contributed by atoms with Gasteiger partial charge in [0.15, 0.2) is 6.61 Å². The zero-order valence-electron chi connectivity index (χ0n) is 17.3. The molecule has 0 aromatic heterocycles. The van der Waals surface area contributed by atoms with Gasteiger partial charge in [-0.3, -0.25) is 9.10 Å². The van der Waals surface area contributed by atoms with Crippen molar-refractivity contribution in [1.82, 2.24) is 5.32 Å². The van der Waals surface area contributed by atoms with Gasteiger partial charge >= 0.3 is 0 Å². The Balaban J connectivity index is 1.57. The van der Waals surface area contributed by atoms with Gasteiger partial charge in [-0.25, -0.2) is 8.42 Å². The number of amides is 1. The summed E-state index contributed by atoms with van der Waals surface area (Å²) in [6.07, 6.45) is 1.16. The van der Waals surface area contributed by atoms with Crippen molar-refractivity contribution < 1.29 is 17.9 Å². The predicted molar refractivity (Wildman–Crippen MR) is 128 cm³/mol. The van der Waals surface area contributed by atoms with E-state index in [1.54, 1.807) is 42.5 Å². The molecule has 0 aliphatic carbocycles. The summed E-state index contributed by atoms with van der Waals surface area (Å²) in [4.78, 5) is 12.1. The van der Waals surface area contributed by atoms with Gasteiger partial charge in [-0.1, -0.05) is 59.6 Å². The van der Waals surface area contributed by atoms with Crippen LogP contribution in [-0.4, -0.2) is 27.2 Å². The van der Waals surface area contributed by atoms with Crippen LogP contribution in [0.3, 0.4) is 0 Å². The number of hydrogen-bond donors (Lipinski definition) is 1. The average Bonchev–Trinajstić information content (AvgIpc) is 2.76. The number of carbonyl (C=O) groups is 1. The Hall–Kier alpha value is -2.74. The summed E-state index contributed by atoms with van der Waals surface area (Å²) in [5, 5.41) is 3.72. The van der Waals surface area contributed by atoms with Crippen LogP contribution in [0.5, 0.6) is 5.75 Å². The molecule has 6 nitrogen and oxygen atoms in total. The number of sulfonamides is 1. The fourth-order valence-corrected chi connectivity index (χ4v) is 4.28. The van der Waals surface area contributed by atoms with E-state index >= 15 is 0 Å². The van der Waals surface area contributed by atoms with Crippen molar-refractivity contribution >= 4 is 44.8 Å². The minimum absolute atomic E-state index is 0.190. The van der Waals surface area contributed by atoms with Crippen LogP contribution >= 0.6 is 23.2 Å². The van der Waals surface area contributed by atoms with Crippen molar-refractivity contribution in [1.29, 1.82) is 0 Å². The highest BCUT2D eigenvalue weighted by Crippen LogP contribution is 2.24. The van der Waals surface area contributed by atoms with Gasteiger partial charge in [0.2, 0.25) is 10.0 Å². The van der Waals surface area contributed by atoms with E-state index in [0.29, 0.717) is 21.5 Å². The molecule has 1 amide bonds. The smallest absolute Gasteiger partial charge is 0.258 e. The maximum Gasteiger partial charge on any atom is 0.258 e. The van der Waals surface area contributed by atoms with Crippen LogP contribution < -0.4 is 14.4 Å². The number of nitrogens with one attached hydrogen (secondary N) is 1. The zero-order chi connectivity index (χ0) is 23.1. The molecule has 0 aliphatic heterocycles. The first kappa shape index (κ1) is 23.9. The van der Waals surface area contributed by atoms with Crippen LogP contribution in [0.15, 0.2) is 72.8 Å². The summed E-state index contributed by atoms with van der Waals surface area (Å²) in [5.41, 5.74) is 2.12. The van der Waals surface area contributed by atoms with Crippen molar-refractivity contribution in [3.8, 4) is 5.75 Å². The number of carbonyl (C=O) groups excluding carboxylic acids is 1. The number of rotatable bonds is 9. The van der Waals surface area contributed by atoms with E-state index in [1.807, 2.05) is 30.3 Å². The summed E-state index contributed by atoms with van der Waals surface area (Å²) in [6, 6.07) is 20.9.